The number of amides is 1. The fraction of sp³-hybridized carbons (Fsp3) is 0.375. The minimum Gasteiger partial charge on any atom is -0.376 e. The summed E-state index contributed by atoms with van der Waals surface area (Å²) in [5, 5.41) is 7.12. The quantitative estimate of drug-likeness (QED) is 0.883. The van der Waals surface area contributed by atoms with Crippen LogP contribution in [0.15, 0.2) is 18.2 Å². The van der Waals surface area contributed by atoms with Crippen LogP contribution < -0.4 is 10.2 Å². The molecule has 0 unspecified atom stereocenters. The van der Waals surface area contributed by atoms with Crippen molar-refractivity contribution in [2.75, 3.05) is 24.3 Å². The number of aryl methyl sites for hydroxylation is 1. The number of alkyl halides is 3. The van der Waals surface area contributed by atoms with E-state index < -0.39 is 17.6 Å². The summed E-state index contributed by atoms with van der Waals surface area (Å²) in [6.45, 7) is 3.27. The van der Waals surface area contributed by atoms with Crippen LogP contribution in [0.3, 0.4) is 0 Å². The summed E-state index contributed by atoms with van der Waals surface area (Å²) in [6, 6.07) is 3.21. The van der Waals surface area contributed by atoms with Gasteiger partial charge in [-0.05, 0) is 32.0 Å². The second-order valence-electron chi connectivity index (χ2n) is 5.81. The third kappa shape index (κ3) is 4.25. The van der Waals surface area contributed by atoms with Gasteiger partial charge in [0.1, 0.15) is 6.54 Å². The Morgan fingerprint density at radius 2 is 1.96 bits per heavy atom. The Morgan fingerprint density at radius 1 is 1.32 bits per heavy atom. The first-order valence-corrected chi connectivity index (χ1v) is 7.76. The molecule has 1 N–H and O–H groups in total. The molecule has 0 fully saturated rings. The van der Waals surface area contributed by atoms with Crippen LogP contribution in [0.2, 0.25) is 5.02 Å². The maximum Gasteiger partial charge on any atom is 0.416 e. The van der Waals surface area contributed by atoms with E-state index in [0.717, 1.165) is 12.1 Å². The Balaban J connectivity index is 2.28. The summed E-state index contributed by atoms with van der Waals surface area (Å²) >= 11 is 6.03. The summed E-state index contributed by atoms with van der Waals surface area (Å²) in [5.41, 5.74) is 0.916. The van der Waals surface area contributed by atoms with Gasteiger partial charge in [0.15, 0.2) is 0 Å². The number of aromatic nitrogens is 2. The lowest BCUT2D eigenvalue weighted by molar-refractivity contribution is -0.137. The Bertz CT molecular complexity index is 799. The van der Waals surface area contributed by atoms with Crippen LogP contribution in [0.5, 0.6) is 0 Å². The van der Waals surface area contributed by atoms with Gasteiger partial charge >= 0.3 is 6.18 Å². The third-order valence-electron chi connectivity index (χ3n) is 3.67. The van der Waals surface area contributed by atoms with E-state index >= 15 is 0 Å². The highest BCUT2D eigenvalue weighted by molar-refractivity contribution is 6.31. The minimum atomic E-state index is -4.49. The SMILES string of the molecule is Cc1nn(CC(=O)Nc2cc(C(F)(F)F)ccc2N(C)C)c(C)c1Cl. The molecule has 0 saturated carbocycles. The first-order valence-electron chi connectivity index (χ1n) is 7.38. The molecule has 1 aromatic heterocycles. The van der Waals surface area contributed by atoms with Crippen LogP contribution in [0, 0.1) is 13.8 Å². The lowest BCUT2D eigenvalue weighted by Gasteiger charge is -2.20. The molecule has 9 heteroatoms. The number of carbonyl (C=O) groups is 1. The van der Waals surface area contributed by atoms with Gasteiger partial charge in [0, 0.05) is 14.1 Å². The van der Waals surface area contributed by atoms with Crippen LogP contribution in [-0.4, -0.2) is 29.8 Å². The zero-order valence-electron chi connectivity index (χ0n) is 14.2. The molecule has 0 bridgehead atoms. The number of rotatable bonds is 4. The van der Waals surface area contributed by atoms with Gasteiger partial charge in [-0.15, -0.1) is 0 Å². The highest BCUT2D eigenvalue weighted by Gasteiger charge is 2.31. The molecule has 2 aromatic rings. The van der Waals surface area contributed by atoms with Crippen LogP contribution in [0.1, 0.15) is 17.0 Å². The van der Waals surface area contributed by atoms with Crippen molar-refractivity contribution < 1.29 is 18.0 Å². The number of hydrogen-bond donors (Lipinski definition) is 1. The van der Waals surface area contributed by atoms with E-state index in [-0.39, 0.29) is 12.2 Å². The van der Waals surface area contributed by atoms with Crippen molar-refractivity contribution in [2.45, 2.75) is 26.6 Å². The maximum absolute atomic E-state index is 12.9. The molecule has 136 valence electrons. The fourth-order valence-corrected chi connectivity index (χ4v) is 2.49. The van der Waals surface area contributed by atoms with Gasteiger partial charge in [-0.25, -0.2) is 0 Å². The van der Waals surface area contributed by atoms with E-state index in [4.69, 9.17) is 11.6 Å². The smallest absolute Gasteiger partial charge is 0.376 e. The standard InChI is InChI=1S/C16H18ClF3N4O/c1-9-15(17)10(2)24(22-9)8-14(25)21-12-7-11(16(18,19)20)5-6-13(12)23(3)4/h5-7H,8H2,1-4H3,(H,21,25). The van der Waals surface area contributed by atoms with Crippen LogP contribution in [-0.2, 0) is 17.5 Å². The van der Waals surface area contributed by atoms with Crippen molar-refractivity contribution >= 4 is 28.9 Å². The van der Waals surface area contributed by atoms with Gasteiger partial charge in [-0.1, -0.05) is 11.6 Å². The Hall–Kier alpha value is -2.22. The highest BCUT2D eigenvalue weighted by atomic mass is 35.5. The number of nitrogens with one attached hydrogen (secondary N) is 1. The number of nitrogens with zero attached hydrogens (tertiary/aromatic N) is 3. The highest BCUT2D eigenvalue weighted by Crippen LogP contribution is 2.35. The fourth-order valence-electron chi connectivity index (χ4n) is 2.36. The normalized spacial score (nSPS) is 11.5. The summed E-state index contributed by atoms with van der Waals surface area (Å²) < 4.78 is 40.2. The van der Waals surface area contributed by atoms with E-state index in [2.05, 4.69) is 10.4 Å². The average molecular weight is 375 g/mol. The molecule has 2 rings (SSSR count). The summed E-state index contributed by atoms with van der Waals surface area (Å²) in [5.74, 6) is -0.496. The Labute approximate surface area is 148 Å². The van der Waals surface area contributed by atoms with Crippen molar-refractivity contribution in [3.05, 3.63) is 40.2 Å². The van der Waals surface area contributed by atoms with Crippen molar-refractivity contribution in [3.63, 3.8) is 0 Å². The van der Waals surface area contributed by atoms with E-state index in [1.807, 2.05) is 0 Å². The molecule has 0 atom stereocenters. The number of benzene rings is 1. The average Bonchev–Trinajstić information content (AvgIpc) is 2.73. The number of hydrogen-bond acceptors (Lipinski definition) is 3. The van der Waals surface area contributed by atoms with Gasteiger partial charge in [0.2, 0.25) is 5.91 Å². The minimum absolute atomic E-state index is 0.0810. The van der Waals surface area contributed by atoms with Crippen molar-refractivity contribution in [1.82, 2.24) is 9.78 Å². The molecule has 0 spiro atoms. The van der Waals surface area contributed by atoms with Gasteiger partial charge in [0.25, 0.3) is 0 Å². The summed E-state index contributed by atoms with van der Waals surface area (Å²) in [4.78, 5) is 13.9. The number of carbonyl (C=O) groups excluding carboxylic acids is 1. The first kappa shape index (κ1) is 19.1. The number of halogens is 4. The second-order valence-corrected chi connectivity index (χ2v) is 6.19. The first-order chi connectivity index (χ1) is 11.5. The van der Waals surface area contributed by atoms with Crippen molar-refractivity contribution in [2.24, 2.45) is 0 Å². The zero-order valence-corrected chi connectivity index (χ0v) is 15.0. The van der Waals surface area contributed by atoms with Crippen molar-refractivity contribution in [1.29, 1.82) is 0 Å². The molecule has 25 heavy (non-hydrogen) atoms. The molecule has 0 radical (unpaired) electrons. The summed E-state index contributed by atoms with van der Waals surface area (Å²) in [7, 11) is 3.36. The molecule has 5 nitrogen and oxygen atoms in total. The maximum atomic E-state index is 12.9. The molecule has 1 amide bonds. The van der Waals surface area contributed by atoms with Crippen LogP contribution >= 0.6 is 11.6 Å². The van der Waals surface area contributed by atoms with E-state index in [0.29, 0.717) is 22.1 Å². The van der Waals surface area contributed by atoms with Gasteiger partial charge in [-0.2, -0.15) is 18.3 Å². The van der Waals surface area contributed by atoms with Gasteiger partial charge in [-0.3, -0.25) is 9.48 Å². The monoisotopic (exact) mass is 374 g/mol. The third-order valence-corrected chi connectivity index (χ3v) is 4.21. The van der Waals surface area contributed by atoms with E-state index in [1.165, 1.54) is 10.7 Å². The molecule has 1 aromatic carbocycles. The molecular weight excluding hydrogens is 357 g/mol. The molecule has 0 aliphatic carbocycles. The van der Waals surface area contributed by atoms with Crippen molar-refractivity contribution in [3.8, 4) is 0 Å². The lowest BCUT2D eigenvalue weighted by Crippen LogP contribution is -2.22. The summed E-state index contributed by atoms with van der Waals surface area (Å²) in [6.07, 6.45) is -4.49. The second kappa shape index (κ2) is 6.95. The van der Waals surface area contributed by atoms with Gasteiger partial charge < -0.3 is 10.2 Å². The largest absolute Gasteiger partial charge is 0.416 e. The predicted octanol–water partition coefficient (Wildman–Crippen LogP) is 3.88. The topological polar surface area (TPSA) is 50.2 Å². The molecule has 0 aliphatic rings. The molecule has 1 heterocycles. The predicted molar refractivity (Wildman–Crippen MR) is 91.1 cm³/mol. The lowest BCUT2D eigenvalue weighted by atomic mass is 10.1. The molecule has 0 aliphatic heterocycles. The Morgan fingerprint density at radius 3 is 2.44 bits per heavy atom. The van der Waals surface area contributed by atoms with E-state index in [1.54, 1.807) is 32.8 Å². The van der Waals surface area contributed by atoms with E-state index in [9.17, 15) is 18.0 Å². The van der Waals surface area contributed by atoms with Gasteiger partial charge in [0.05, 0.1) is 33.3 Å². The van der Waals surface area contributed by atoms with Crippen LogP contribution in [0.25, 0.3) is 0 Å². The molecule has 0 saturated heterocycles. The molecular formula is C16H18ClF3N4O. The van der Waals surface area contributed by atoms with Crippen LogP contribution in [0.4, 0.5) is 24.5 Å². The number of anilines is 2. The zero-order chi connectivity index (χ0) is 18.9. The Kier molecular flexibility index (Phi) is 5.31.